The summed E-state index contributed by atoms with van der Waals surface area (Å²) in [7, 11) is 21.2. The molecular formula is C52H68Cl2O2SiZr. The Hall–Kier alpha value is -2.36. The average Bonchev–Trinajstić information content (AvgIpc) is 3.66. The molecule has 0 amide bonds. The predicted octanol–water partition coefficient (Wildman–Crippen LogP) is 16.1. The number of hydrogen-bond acceptors (Lipinski definition) is 2. The summed E-state index contributed by atoms with van der Waals surface area (Å²) < 4.78 is 12.3. The summed E-state index contributed by atoms with van der Waals surface area (Å²) in [6.45, 7) is 36.9. The van der Waals surface area contributed by atoms with Crippen LogP contribution in [0.5, 0.6) is 11.5 Å². The molecular weight excluding hydrogens is 847 g/mol. The van der Waals surface area contributed by atoms with Crippen LogP contribution in [0.2, 0.25) is 13.1 Å². The van der Waals surface area contributed by atoms with E-state index in [9.17, 15) is 0 Å². The molecule has 0 bridgehead atoms. The van der Waals surface area contributed by atoms with Crippen LogP contribution in [0.4, 0.5) is 0 Å². The van der Waals surface area contributed by atoms with E-state index in [4.69, 9.17) is 26.5 Å². The van der Waals surface area contributed by atoms with E-state index in [1.807, 2.05) is 0 Å². The zero-order valence-corrected chi connectivity index (χ0v) is 43.6. The molecule has 6 rings (SSSR count). The SMILES string of the molecule is COc1ccc(-c2cc(C(C)(C)C)cc(C(C)(C)C)c2)c2c1[CH]([Zr]([Cl])([Cl])([CH]1C(C)=Cc3c(-c4cc(C(C)(C)C)cc(C(C)(C)C)c4)ccc(OC)c31)=[Si](C)C)C(C)=C2. The molecule has 0 N–H and O–H groups in total. The van der Waals surface area contributed by atoms with Gasteiger partial charge in [-0.2, -0.15) is 0 Å². The topological polar surface area (TPSA) is 18.5 Å². The standard InChI is InChI=1S/2C25H31O.C2H6Si.2ClH.Zr/c2*1-16-11-21-20(9-10-23(26-8)22(21)12-16)17-13-18(24(2,3)4)15-19(14-17)25(5,6)7;1-3-2;;;/h2*9-15H,1-8H3;1-2H3;2*1H;/q;;;;;+2/p-2. The molecule has 310 valence electrons. The van der Waals surface area contributed by atoms with Crippen LogP contribution in [0, 0.1) is 0 Å². The third-order valence-electron chi connectivity index (χ3n) is 13.1. The number of benzene rings is 4. The van der Waals surface area contributed by atoms with Crippen LogP contribution in [0.3, 0.4) is 0 Å². The van der Waals surface area contributed by atoms with E-state index >= 15 is 0 Å². The zero-order chi connectivity index (χ0) is 43.3. The van der Waals surface area contributed by atoms with Gasteiger partial charge in [-0.1, -0.05) is 0 Å². The van der Waals surface area contributed by atoms with Gasteiger partial charge in [-0.25, -0.2) is 0 Å². The van der Waals surface area contributed by atoms with Crippen LogP contribution in [0.25, 0.3) is 34.4 Å². The monoisotopic (exact) mass is 912 g/mol. The fourth-order valence-corrected chi connectivity index (χ4v) is 39.6. The van der Waals surface area contributed by atoms with Gasteiger partial charge in [0.2, 0.25) is 0 Å². The number of ether oxygens (including phenoxy) is 2. The van der Waals surface area contributed by atoms with Gasteiger partial charge in [-0.05, 0) is 0 Å². The van der Waals surface area contributed by atoms with Gasteiger partial charge in [-0.15, -0.1) is 0 Å². The van der Waals surface area contributed by atoms with Crippen molar-refractivity contribution in [3.63, 3.8) is 0 Å². The Balaban J connectivity index is 1.65. The molecule has 4 aromatic carbocycles. The van der Waals surface area contributed by atoms with Crippen molar-refractivity contribution >= 4 is 34.6 Å². The summed E-state index contributed by atoms with van der Waals surface area (Å²) in [5.74, 6) is 1.72. The van der Waals surface area contributed by atoms with E-state index in [2.05, 4.69) is 183 Å². The molecule has 58 heavy (non-hydrogen) atoms. The normalized spacial score (nSPS) is 17.5. The van der Waals surface area contributed by atoms with Crippen molar-refractivity contribution in [3.05, 3.63) is 116 Å². The van der Waals surface area contributed by atoms with Gasteiger partial charge in [0.1, 0.15) is 0 Å². The first kappa shape index (κ1) is 45.2. The first-order chi connectivity index (χ1) is 26.5. The van der Waals surface area contributed by atoms with Crippen LogP contribution in [-0.4, -0.2) is 19.7 Å². The van der Waals surface area contributed by atoms with Gasteiger partial charge < -0.3 is 0 Å². The van der Waals surface area contributed by atoms with Crippen molar-refractivity contribution in [3.8, 4) is 33.8 Å². The minimum absolute atomic E-state index is 0.0103. The molecule has 0 aliphatic heterocycles. The minimum atomic E-state index is -5.20. The van der Waals surface area contributed by atoms with E-state index < -0.39 is 20.4 Å². The van der Waals surface area contributed by atoms with Gasteiger partial charge >= 0.3 is 362 Å². The number of fused-ring (bicyclic) bond motifs is 2. The molecule has 6 heteroatoms. The van der Waals surface area contributed by atoms with Gasteiger partial charge in [0.05, 0.1) is 0 Å². The molecule has 0 heterocycles. The zero-order valence-electron chi connectivity index (χ0n) is 38.7. The number of rotatable bonds is 6. The van der Waals surface area contributed by atoms with Crippen LogP contribution in [0.1, 0.15) is 149 Å². The van der Waals surface area contributed by atoms with Crippen molar-refractivity contribution in [2.75, 3.05) is 14.2 Å². The predicted molar refractivity (Wildman–Crippen MR) is 254 cm³/mol. The molecule has 2 unspecified atom stereocenters. The van der Waals surface area contributed by atoms with Crippen molar-refractivity contribution in [1.29, 1.82) is 0 Å². The maximum absolute atomic E-state index is 8.81. The quantitative estimate of drug-likeness (QED) is 0.179. The van der Waals surface area contributed by atoms with Crippen LogP contribution in [0.15, 0.2) is 71.8 Å². The molecule has 2 nitrogen and oxygen atoms in total. The fraction of sp³-hybridized carbons (Fsp3) is 0.462. The third-order valence-corrected chi connectivity index (χ3v) is 60.0. The van der Waals surface area contributed by atoms with Crippen molar-refractivity contribution in [2.45, 2.75) is 139 Å². The molecule has 2 aliphatic rings. The van der Waals surface area contributed by atoms with E-state index in [0.29, 0.717) is 0 Å². The second kappa shape index (κ2) is 14.9. The van der Waals surface area contributed by atoms with Crippen molar-refractivity contribution in [1.82, 2.24) is 0 Å². The summed E-state index contributed by atoms with van der Waals surface area (Å²) in [5.41, 5.74) is 15.9. The van der Waals surface area contributed by atoms with Crippen LogP contribution in [-0.2, 0) is 36.7 Å². The molecule has 2 aliphatic carbocycles. The number of methoxy groups -OCH3 is 2. The summed E-state index contributed by atoms with van der Waals surface area (Å²) in [6, 6.07) is 23.2. The van der Waals surface area contributed by atoms with E-state index in [-0.39, 0.29) is 28.9 Å². The average molecular weight is 915 g/mol. The van der Waals surface area contributed by atoms with Crippen LogP contribution >= 0.6 is 17.0 Å². The molecule has 0 saturated heterocycles. The third kappa shape index (κ3) is 7.62. The molecule has 0 aromatic heterocycles. The van der Waals surface area contributed by atoms with Gasteiger partial charge in [-0.3, -0.25) is 0 Å². The van der Waals surface area contributed by atoms with Gasteiger partial charge in [0, 0.05) is 0 Å². The van der Waals surface area contributed by atoms with Crippen molar-refractivity contribution in [2.24, 2.45) is 0 Å². The molecule has 0 fully saturated rings. The summed E-state index contributed by atoms with van der Waals surface area (Å²) in [6.07, 6.45) is 4.77. The molecule has 0 saturated carbocycles. The first-order valence-corrected chi connectivity index (χ1v) is 36.4. The second-order valence-corrected chi connectivity index (χ2v) is 60.5. The number of allylic oxidation sites excluding steroid dienone is 2. The Morgan fingerprint density at radius 3 is 1.03 bits per heavy atom. The van der Waals surface area contributed by atoms with Crippen LogP contribution < -0.4 is 9.47 Å². The number of hydrogen-bond donors (Lipinski definition) is 0. The van der Waals surface area contributed by atoms with Crippen molar-refractivity contribution < 1.29 is 24.5 Å². The Labute approximate surface area is 359 Å². The van der Waals surface area contributed by atoms with E-state index in [1.165, 1.54) is 66.8 Å². The molecule has 2 atom stereocenters. The van der Waals surface area contributed by atoms with Gasteiger partial charge in [0.15, 0.2) is 0 Å². The van der Waals surface area contributed by atoms with E-state index in [1.54, 1.807) is 14.2 Å². The molecule has 0 spiro atoms. The molecule has 4 aromatic rings. The maximum atomic E-state index is 8.81. The Kier molecular flexibility index (Phi) is 11.6. The summed E-state index contributed by atoms with van der Waals surface area (Å²) in [4.78, 5) is 0. The Morgan fingerprint density at radius 2 is 0.793 bits per heavy atom. The molecule has 0 radical (unpaired) electrons. The summed E-state index contributed by atoms with van der Waals surface area (Å²) >= 11 is -5.20. The fourth-order valence-electron chi connectivity index (χ4n) is 9.48. The first-order valence-electron chi connectivity index (χ1n) is 21.0. The second-order valence-electron chi connectivity index (χ2n) is 21.7. The number of halogens is 2. The van der Waals surface area contributed by atoms with E-state index in [0.717, 1.165) is 22.6 Å². The van der Waals surface area contributed by atoms with Gasteiger partial charge in [0.25, 0.3) is 0 Å². The summed E-state index contributed by atoms with van der Waals surface area (Å²) in [5, 5.41) is 0. The Bertz CT molecular complexity index is 2240. The Morgan fingerprint density at radius 1 is 0.500 bits per heavy atom.